The summed E-state index contributed by atoms with van der Waals surface area (Å²) in [6.07, 6.45) is 0. The number of benzene rings is 2. The van der Waals surface area contributed by atoms with Crippen molar-refractivity contribution in [3.8, 4) is 0 Å². The molecule has 0 fully saturated rings. The Balaban J connectivity index is 2.39. The van der Waals surface area contributed by atoms with Gasteiger partial charge in [0, 0.05) is 6.54 Å². The van der Waals surface area contributed by atoms with Gasteiger partial charge in [-0.05, 0) is 31.2 Å². The van der Waals surface area contributed by atoms with Gasteiger partial charge in [-0.3, -0.25) is 4.72 Å². The lowest BCUT2D eigenvalue weighted by Gasteiger charge is -2.13. The molecule has 0 radical (unpaired) electrons. The van der Waals surface area contributed by atoms with Crippen LogP contribution < -0.4 is 10.0 Å². The number of nitrogens with one attached hydrogen (secondary N) is 2. The number of hydrogen-bond acceptors (Lipinski definition) is 3. The molecule has 0 aliphatic carbocycles. The Bertz CT molecular complexity index is 702. The van der Waals surface area contributed by atoms with Crippen LogP contribution >= 0.6 is 0 Å². The van der Waals surface area contributed by atoms with E-state index >= 15 is 0 Å². The van der Waals surface area contributed by atoms with Gasteiger partial charge in [0.15, 0.2) is 0 Å². The lowest BCUT2D eigenvalue weighted by molar-refractivity contribution is 0.599. The topological polar surface area (TPSA) is 58.2 Å². The second-order valence-electron chi connectivity index (χ2n) is 4.11. The third-order valence-corrected chi connectivity index (χ3v) is 4.09. The molecule has 4 nitrogen and oxygen atoms in total. The third-order valence-electron chi connectivity index (χ3n) is 2.66. The Kier molecular flexibility index (Phi) is 4.24. The molecular formula is C14H15FN2O2S. The first-order valence-corrected chi connectivity index (χ1v) is 7.63. The molecule has 0 aliphatic rings. The highest BCUT2D eigenvalue weighted by molar-refractivity contribution is 7.92. The predicted molar refractivity (Wildman–Crippen MR) is 77.8 cm³/mol. The van der Waals surface area contributed by atoms with Crippen molar-refractivity contribution in [2.24, 2.45) is 0 Å². The molecule has 0 saturated heterocycles. The van der Waals surface area contributed by atoms with Gasteiger partial charge < -0.3 is 5.32 Å². The summed E-state index contributed by atoms with van der Waals surface area (Å²) in [5.74, 6) is -0.614. The zero-order valence-electron chi connectivity index (χ0n) is 10.9. The van der Waals surface area contributed by atoms with E-state index in [1.807, 2.05) is 6.92 Å². The van der Waals surface area contributed by atoms with Crippen molar-refractivity contribution >= 4 is 21.4 Å². The molecule has 0 unspecified atom stereocenters. The molecule has 2 N–H and O–H groups in total. The van der Waals surface area contributed by atoms with Crippen LogP contribution in [-0.4, -0.2) is 15.0 Å². The molecule has 0 aromatic heterocycles. The van der Waals surface area contributed by atoms with Crippen LogP contribution in [0.1, 0.15) is 6.92 Å². The smallest absolute Gasteiger partial charge is 0.264 e. The maximum Gasteiger partial charge on any atom is 0.264 e. The van der Waals surface area contributed by atoms with Crippen LogP contribution in [0.15, 0.2) is 53.4 Å². The normalized spacial score (nSPS) is 11.1. The minimum atomic E-state index is -3.84. The van der Waals surface area contributed by atoms with Gasteiger partial charge in [-0.2, -0.15) is 0 Å². The number of halogens is 1. The second kappa shape index (κ2) is 5.92. The fraction of sp³-hybridized carbons (Fsp3) is 0.143. The van der Waals surface area contributed by atoms with Crippen molar-refractivity contribution in [2.75, 3.05) is 16.6 Å². The van der Waals surface area contributed by atoms with E-state index < -0.39 is 15.8 Å². The maximum atomic E-state index is 13.5. The summed E-state index contributed by atoms with van der Waals surface area (Å²) in [5.41, 5.74) is 0.414. The Hall–Kier alpha value is -2.08. The zero-order valence-corrected chi connectivity index (χ0v) is 11.7. The lowest BCUT2D eigenvalue weighted by Crippen LogP contribution is -2.16. The molecule has 2 rings (SSSR count). The second-order valence-corrected chi connectivity index (χ2v) is 5.76. The number of hydrogen-bond donors (Lipinski definition) is 2. The molecule has 2 aromatic carbocycles. The van der Waals surface area contributed by atoms with Gasteiger partial charge >= 0.3 is 0 Å². The van der Waals surface area contributed by atoms with Crippen LogP contribution in [0.2, 0.25) is 0 Å². The van der Waals surface area contributed by atoms with E-state index in [-0.39, 0.29) is 10.6 Å². The average Bonchev–Trinajstić information content (AvgIpc) is 2.42. The van der Waals surface area contributed by atoms with Crippen LogP contribution in [0.5, 0.6) is 0 Å². The molecule has 0 spiro atoms. The van der Waals surface area contributed by atoms with Crippen LogP contribution in [0, 0.1) is 5.82 Å². The van der Waals surface area contributed by atoms with Crippen molar-refractivity contribution in [1.29, 1.82) is 0 Å². The molecule has 20 heavy (non-hydrogen) atoms. The van der Waals surface area contributed by atoms with E-state index in [1.165, 1.54) is 24.3 Å². The largest absolute Gasteiger partial charge is 0.384 e. The first kappa shape index (κ1) is 14.3. The van der Waals surface area contributed by atoms with E-state index in [4.69, 9.17) is 0 Å². The summed E-state index contributed by atoms with van der Waals surface area (Å²) < 4.78 is 40.5. The van der Waals surface area contributed by atoms with E-state index in [2.05, 4.69) is 10.0 Å². The van der Waals surface area contributed by atoms with Crippen molar-refractivity contribution in [2.45, 2.75) is 11.8 Å². The average molecular weight is 294 g/mol. The fourth-order valence-corrected chi connectivity index (χ4v) is 3.03. The minimum Gasteiger partial charge on any atom is -0.384 e. The first-order valence-electron chi connectivity index (χ1n) is 6.15. The molecule has 0 atom stereocenters. The molecule has 0 heterocycles. The van der Waals surface area contributed by atoms with Gasteiger partial charge in [0.2, 0.25) is 0 Å². The van der Waals surface area contributed by atoms with E-state index in [1.54, 1.807) is 24.3 Å². The minimum absolute atomic E-state index is 0.0706. The Morgan fingerprint density at radius 2 is 1.60 bits per heavy atom. The zero-order chi connectivity index (χ0) is 14.6. The van der Waals surface area contributed by atoms with Crippen molar-refractivity contribution < 1.29 is 12.8 Å². The molecule has 0 amide bonds. The van der Waals surface area contributed by atoms with E-state index in [9.17, 15) is 12.8 Å². The van der Waals surface area contributed by atoms with Crippen LogP contribution in [0.4, 0.5) is 15.8 Å². The predicted octanol–water partition coefficient (Wildman–Crippen LogP) is 3.06. The Morgan fingerprint density at radius 1 is 1.00 bits per heavy atom. The number of sulfonamides is 1. The molecule has 0 saturated carbocycles. The number of rotatable bonds is 5. The molecular weight excluding hydrogens is 279 g/mol. The lowest BCUT2D eigenvalue weighted by atomic mass is 10.3. The first-order chi connectivity index (χ1) is 9.54. The molecule has 2 aromatic rings. The van der Waals surface area contributed by atoms with Gasteiger partial charge in [0.1, 0.15) is 10.7 Å². The molecule has 0 aliphatic heterocycles. The summed E-state index contributed by atoms with van der Waals surface area (Å²) in [7, 11) is -3.84. The van der Waals surface area contributed by atoms with Gasteiger partial charge in [0.25, 0.3) is 10.0 Å². The highest BCUT2D eigenvalue weighted by Crippen LogP contribution is 2.24. The van der Waals surface area contributed by atoms with Gasteiger partial charge in [-0.25, -0.2) is 12.8 Å². The quantitative estimate of drug-likeness (QED) is 0.891. The van der Waals surface area contributed by atoms with Crippen molar-refractivity contribution in [3.63, 3.8) is 0 Å². The van der Waals surface area contributed by atoms with Gasteiger partial charge in [-0.1, -0.05) is 24.3 Å². The van der Waals surface area contributed by atoms with Gasteiger partial charge in [-0.15, -0.1) is 0 Å². The summed E-state index contributed by atoms with van der Waals surface area (Å²) in [5, 5.41) is 2.97. The molecule has 0 bridgehead atoms. The van der Waals surface area contributed by atoms with E-state index in [0.717, 1.165) is 0 Å². The van der Waals surface area contributed by atoms with Crippen LogP contribution in [-0.2, 0) is 10.0 Å². The fourth-order valence-electron chi connectivity index (χ4n) is 1.78. The maximum absolute atomic E-state index is 13.5. The molecule has 106 valence electrons. The van der Waals surface area contributed by atoms with Crippen molar-refractivity contribution in [1.82, 2.24) is 0 Å². The number of para-hydroxylation sites is 2. The SMILES string of the molecule is CCNc1ccccc1S(=O)(=O)Nc1ccccc1F. The summed E-state index contributed by atoms with van der Waals surface area (Å²) in [6, 6.07) is 12.1. The Morgan fingerprint density at radius 3 is 2.25 bits per heavy atom. The summed E-state index contributed by atoms with van der Waals surface area (Å²) >= 11 is 0. The van der Waals surface area contributed by atoms with Crippen LogP contribution in [0.25, 0.3) is 0 Å². The summed E-state index contributed by atoms with van der Waals surface area (Å²) in [4.78, 5) is 0.0881. The van der Waals surface area contributed by atoms with Crippen LogP contribution in [0.3, 0.4) is 0 Å². The summed E-state index contributed by atoms with van der Waals surface area (Å²) in [6.45, 7) is 2.46. The monoisotopic (exact) mass is 294 g/mol. The third kappa shape index (κ3) is 3.08. The highest BCUT2D eigenvalue weighted by Gasteiger charge is 2.19. The highest BCUT2D eigenvalue weighted by atomic mass is 32.2. The van der Waals surface area contributed by atoms with Gasteiger partial charge in [0.05, 0.1) is 11.4 Å². The Labute approximate surface area is 117 Å². The standard InChI is InChI=1S/C14H15FN2O2S/c1-2-16-13-9-5-6-10-14(13)20(18,19)17-12-8-4-3-7-11(12)15/h3-10,16-17H,2H2,1H3. The number of anilines is 2. The van der Waals surface area contributed by atoms with Crippen molar-refractivity contribution in [3.05, 3.63) is 54.3 Å². The van der Waals surface area contributed by atoms with E-state index in [0.29, 0.717) is 12.2 Å². The molecule has 6 heteroatoms.